The summed E-state index contributed by atoms with van der Waals surface area (Å²) in [6, 6.07) is 11.6. The van der Waals surface area contributed by atoms with E-state index in [0.29, 0.717) is 18.9 Å². The van der Waals surface area contributed by atoms with Gasteiger partial charge in [0, 0.05) is 42.9 Å². The van der Waals surface area contributed by atoms with Gasteiger partial charge in [-0.05, 0) is 49.4 Å². The zero-order valence-corrected chi connectivity index (χ0v) is 21.5. The monoisotopic (exact) mass is 503 g/mol. The van der Waals surface area contributed by atoms with Crippen LogP contribution in [0.1, 0.15) is 53.9 Å². The zero-order valence-electron chi connectivity index (χ0n) is 20.8. The van der Waals surface area contributed by atoms with E-state index in [9.17, 15) is 9.59 Å². The third kappa shape index (κ3) is 6.13. The number of carbonyl (C=O) groups is 2. The number of likely N-dealkylation sites (tertiary alicyclic amines) is 1. The van der Waals surface area contributed by atoms with Gasteiger partial charge in [0.05, 0.1) is 11.2 Å². The van der Waals surface area contributed by atoms with Gasteiger partial charge < -0.3 is 10.2 Å². The molecule has 8 heteroatoms. The maximum Gasteiger partial charge on any atom is 0.276 e. The van der Waals surface area contributed by atoms with Gasteiger partial charge in [0.2, 0.25) is 5.91 Å². The molecule has 36 heavy (non-hydrogen) atoms. The highest BCUT2D eigenvalue weighted by Gasteiger charge is 2.27. The second kappa shape index (κ2) is 11.4. The fourth-order valence-corrected chi connectivity index (χ4v) is 4.58. The highest BCUT2D eigenvalue weighted by atomic mass is 35.5. The third-order valence-electron chi connectivity index (χ3n) is 6.20. The molecule has 1 atom stereocenters. The number of nitrogens with one attached hydrogen (secondary N) is 1. The molecule has 0 bridgehead atoms. The number of aryl methyl sites for hydroxylation is 1. The standard InChI is InChI=1S/C28H30ClN5O2/c1-19(2)28(36)33-13-7-10-23(17-33)18-34-25(24(29)16-31-34)27(35)32-26-20(3)14-22(15-30-26)12-11-21-8-5-4-6-9-21/h4-6,8-9,14-16,19,23H,7,10,13,17-18H2,1-3H3,(H,30,32,35)/t23-/m0/s1. The van der Waals surface area contributed by atoms with Crippen LogP contribution in [0, 0.1) is 30.6 Å². The minimum atomic E-state index is -0.373. The second-order valence-corrected chi connectivity index (χ2v) is 9.84. The topological polar surface area (TPSA) is 80.1 Å². The summed E-state index contributed by atoms with van der Waals surface area (Å²) in [6.45, 7) is 7.65. The zero-order chi connectivity index (χ0) is 25.7. The van der Waals surface area contributed by atoms with E-state index >= 15 is 0 Å². The molecule has 3 aromatic rings. The van der Waals surface area contributed by atoms with Crippen LogP contribution >= 0.6 is 11.6 Å². The summed E-state index contributed by atoms with van der Waals surface area (Å²) < 4.78 is 1.64. The van der Waals surface area contributed by atoms with Gasteiger partial charge >= 0.3 is 0 Å². The minimum Gasteiger partial charge on any atom is -0.342 e. The van der Waals surface area contributed by atoms with Crippen molar-refractivity contribution in [2.45, 2.75) is 40.2 Å². The minimum absolute atomic E-state index is 0.0318. The number of rotatable bonds is 5. The Kier molecular flexibility index (Phi) is 8.07. The van der Waals surface area contributed by atoms with Crippen LogP contribution in [0.5, 0.6) is 0 Å². The van der Waals surface area contributed by atoms with Crippen LogP contribution in [0.15, 0.2) is 48.8 Å². The van der Waals surface area contributed by atoms with E-state index in [1.807, 2.05) is 62.1 Å². The molecule has 0 unspecified atom stereocenters. The lowest BCUT2D eigenvalue weighted by Crippen LogP contribution is -2.43. The molecule has 0 spiro atoms. The molecule has 1 saturated heterocycles. The molecule has 7 nitrogen and oxygen atoms in total. The third-order valence-corrected chi connectivity index (χ3v) is 6.48. The fraction of sp³-hybridized carbons (Fsp3) is 0.357. The fourth-order valence-electron chi connectivity index (χ4n) is 4.36. The van der Waals surface area contributed by atoms with E-state index in [1.165, 1.54) is 6.20 Å². The summed E-state index contributed by atoms with van der Waals surface area (Å²) in [5, 5.41) is 7.49. The van der Waals surface area contributed by atoms with E-state index in [1.54, 1.807) is 10.9 Å². The van der Waals surface area contributed by atoms with E-state index < -0.39 is 0 Å². The number of hydrogen-bond donors (Lipinski definition) is 1. The van der Waals surface area contributed by atoms with E-state index in [-0.39, 0.29) is 34.4 Å². The first kappa shape index (κ1) is 25.5. The molecular formula is C28H30ClN5O2. The van der Waals surface area contributed by atoms with Crippen molar-refractivity contribution in [1.29, 1.82) is 0 Å². The summed E-state index contributed by atoms with van der Waals surface area (Å²) in [5.41, 5.74) is 2.76. The van der Waals surface area contributed by atoms with Crippen molar-refractivity contribution in [2.75, 3.05) is 18.4 Å². The lowest BCUT2D eigenvalue weighted by molar-refractivity contribution is -0.136. The summed E-state index contributed by atoms with van der Waals surface area (Å²) in [5.74, 6) is 6.62. The Bertz CT molecular complexity index is 1310. The van der Waals surface area contributed by atoms with E-state index in [4.69, 9.17) is 11.6 Å². The number of aromatic nitrogens is 3. The Balaban J connectivity index is 1.45. The molecule has 3 heterocycles. The largest absolute Gasteiger partial charge is 0.342 e. The first-order chi connectivity index (χ1) is 17.3. The van der Waals surface area contributed by atoms with Gasteiger partial charge in [0.25, 0.3) is 5.91 Å². The molecule has 0 radical (unpaired) electrons. The molecule has 4 rings (SSSR count). The first-order valence-corrected chi connectivity index (χ1v) is 12.5. The van der Waals surface area contributed by atoms with Crippen molar-refractivity contribution in [1.82, 2.24) is 19.7 Å². The van der Waals surface area contributed by atoms with Gasteiger partial charge in [-0.2, -0.15) is 5.10 Å². The predicted molar refractivity (Wildman–Crippen MR) is 141 cm³/mol. The lowest BCUT2D eigenvalue weighted by Gasteiger charge is -2.34. The van der Waals surface area contributed by atoms with Gasteiger partial charge in [-0.15, -0.1) is 0 Å². The summed E-state index contributed by atoms with van der Waals surface area (Å²) >= 11 is 6.36. The molecule has 2 amide bonds. The summed E-state index contributed by atoms with van der Waals surface area (Å²) in [7, 11) is 0. The van der Waals surface area contributed by atoms with Gasteiger partial charge in [0.1, 0.15) is 11.5 Å². The SMILES string of the molecule is Cc1cc(C#Cc2ccccc2)cnc1NC(=O)c1c(Cl)cnn1C[C@H]1CCCN(C(=O)C(C)C)C1. The quantitative estimate of drug-likeness (QED) is 0.508. The molecule has 1 fully saturated rings. The second-order valence-electron chi connectivity index (χ2n) is 9.43. The summed E-state index contributed by atoms with van der Waals surface area (Å²) in [6.07, 6.45) is 5.02. The number of carbonyl (C=O) groups excluding carboxylic acids is 2. The van der Waals surface area contributed by atoms with Crippen LogP contribution in [0.3, 0.4) is 0 Å². The van der Waals surface area contributed by atoms with Crippen LogP contribution in [0.25, 0.3) is 0 Å². The van der Waals surface area contributed by atoms with E-state index in [0.717, 1.165) is 36.1 Å². The molecule has 1 aromatic carbocycles. The Hall–Kier alpha value is -3.63. The van der Waals surface area contributed by atoms with Gasteiger partial charge in [-0.3, -0.25) is 14.3 Å². The van der Waals surface area contributed by atoms with E-state index in [2.05, 4.69) is 27.2 Å². The van der Waals surface area contributed by atoms with Crippen LogP contribution in [0.4, 0.5) is 5.82 Å². The normalized spacial score (nSPS) is 15.4. The molecule has 186 valence electrons. The Morgan fingerprint density at radius 3 is 2.64 bits per heavy atom. The number of anilines is 1. The Morgan fingerprint density at radius 2 is 1.92 bits per heavy atom. The van der Waals surface area contributed by atoms with Crippen molar-refractivity contribution >= 4 is 29.2 Å². The molecule has 1 aliphatic heterocycles. The van der Waals surface area contributed by atoms with Crippen LogP contribution in [0.2, 0.25) is 5.02 Å². The average Bonchev–Trinajstić information content (AvgIpc) is 3.24. The number of amides is 2. The highest BCUT2D eigenvalue weighted by molar-refractivity contribution is 6.34. The number of piperidine rings is 1. The Labute approximate surface area is 216 Å². The molecule has 0 saturated carbocycles. The Morgan fingerprint density at radius 1 is 1.17 bits per heavy atom. The highest BCUT2D eigenvalue weighted by Crippen LogP contribution is 2.24. The number of halogens is 1. The summed E-state index contributed by atoms with van der Waals surface area (Å²) in [4.78, 5) is 32.0. The number of pyridine rings is 1. The molecule has 1 aliphatic rings. The molecule has 1 N–H and O–H groups in total. The molecule has 0 aliphatic carbocycles. The van der Waals surface area contributed by atoms with Crippen molar-refractivity contribution in [2.24, 2.45) is 11.8 Å². The average molecular weight is 504 g/mol. The number of benzene rings is 1. The number of nitrogens with zero attached hydrogens (tertiary/aromatic N) is 4. The smallest absolute Gasteiger partial charge is 0.276 e. The van der Waals surface area contributed by atoms with Gasteiger partial charge in [-0.25, -0.2) is 4.98 Å². The maximum absolute atomic E-state index is 13.2. The predicted octanol–water partition coefficient (Wildman–Crippen LogP) is 4.79. The first-order valence-electron chi connectivity index (χ1n) is 12.2. The van der Waals surface area contributed by atoms with Crippen molar-refractivity contribution in [3.05, 3.63) is 76.2 Å². The number of hydrogen-bond acceptors (Lipinski definition) is 4. The van der Waals surface area contributed by atoms with Crippen LogP contribution in [-0.2, 0) is 11.3 Å². The maximum atomic E-state index is 13.2. The van der Waals surface area contributed by atoms with Gasteiger partial charge in [-0.1, -0.05) is 55.5 Å². The van der Waals surface area contributed by atoms with Crippen LogP contribution in [-0.4, -0.2) is 44.6 Å². The van der Waals surface area contributed by atoms with Crippen molar-refractivity contribution in [3.63, 3.8) is 0 Å². The van der Waals surface area contributed by atoms with Crippen molar-refractivity contribution in [3.8, 4) is 11.8 Å². The van der Waals surface area contributed by atoms with Gasteiger partial charge in [0.15, 0.2) is 0 Å². The lowest BCUT2D eigenvalue weighted by atomic mass is 9.97. The van der Waals surface area contributed by atoms with Crippen LogP contribution < -0.4 is 5.32 Å². The molecular weight excluding hydrogens is 474 g/mol. The van der Waals surface area contributed by atoms with Crippen molar-refractivity contribution < 1.29 is 9.59 Å². The molecule has 2 aromatic heterocycles.